The van der Waals surface area contributed by atoms with Gasteiger partial charge >= 0.3 is 5.69 Å². The number of hydrazine groups is 1. The van der Waals surface area contributed by atoms with Crippen molar-refractivity contribution in [2.75, 3.05) is 10.7 Å². The largest absolute Gasteiger partial charge is 0.333 e. The van der Waals surface area contributed by atoms with Gasteiger partial charge in [0.1, 0.15) is 12.3 Å². The Morgan fingerprint density at radius 1 is 1.48 bits per heavy atom. The van der Waals surface area contributed by atoms with Crippen LogP contribution < -0.4 is 16.6 Å². The highest BCUT2D eigenvalue weighted by molar-refractivity contribution is 5.71. The topological polar surface area (TPSA) is 143 Å². The van der Waals surface area contributed by atoms with Crippen LogP contribution in [0.2, 0.25) is 0 Å². The number of nitrogens with zero attached hydrogens (tertiary/aromatic N) is 4. The summed E-state index contributed by atoms with van der Waals surface area (Å²) in [4.78, 5) is 18.0. The van der Waals surface area contributed by atoms with Gasteiger partial charge in [-0.3, -0.25) is 15.5 Å². The van der Waals surface area contributed by atoms with Crippen LogP contribution in [0.25, 0.3) is 0 Å². The number of nitrogens with two attached hydrogens (primary N) is 1. The molecule has 0 aliphatic carbocycles. The van der Waals surface area contributed by atoms with Gasteiger partial charge in [0.2, 0.25) is 11.8 Å². The average molecular weight is 285 g/mol. The molecule has 0 bridgehead atoms. The van der Waals surface area contributed by atoms with Crippen molar-refractivity contribution in [1.82, 2.24) is 9.97 Å². The number of hydrogen-bond donors (Lipinski definition) is 3. The summed E-state index contributed by atoms with van der Waals surface area (Å²) in [6.07, 6.45) is 1.03. The van der Waals surface area contributed by atoms with Crippen LogP contribution in [0.1, 0.15) is 11.1 Å². The fourth-order valence-electron chi connectivity index (χ4n) is 1.72. The van der Waals surface area contributed by atoms with Crippen LogP contribution in [0.4, 0.5) is 23.1 Å². The summed E-state index contributed by atoms with van der Waals surface area (Å²) in [5, 5.41) is 22.9. The lowest BCUT2D eigenvalue weighted by Crippen LogP contribution is -2.12. The SMILES string of the molecule is Cc1cccc(Nc2nc(NN)ncc2[N+](=O)[O-])c1C#N. The van der Waals surface area contributed by atoms with Crippen molar-refractivity contribution in [2.45, 2.75) is 6.92 Å². The fraction of sp³-hybridized carbons (Fsp3) is 0.0833. The summed E-state index contributed by atoms with van der Waals surface area (Å²) in [7, 11) is 0. The van der Waals surface area contributed by atoms with Crippen LogP contribution in [0.3, 0.4) is 0 Å². The van der Waals surface area contributed by atoms with Crippen LogP contribution >= 0.6 is 0 Å². The number of rotatable bonds is 4. The molecule has 0 saturated heterocycles. The lowest BCUT2D eigenvalue weighted by molar-refractivity contribution is -0.384. The van der Waals surface area contributed by atoms with Crippen molar-refractivity contribution in [3.63, 3.8) is 0 Å². The number of benzene rings is 1. The molecular formula is C12H11N7O2. The molecule has 106 valence electrons. The highest BCUT2D eigenvalue weighted by Gasteiger charge is 2.18. The maximum atomic E-state index is 11.0. The number of aryl methyl sites for hydroxylation is 1. The van der Waals surface area contributed by atoms with Gasteiger partial charge in [-0.2, -0.15) is 10.2 Å². The molecule has 0 aliphatic heterocycles. The van der Waals surface area contributed by atoms with Crippen LogP contribution in [0.15, 0.2) is 24.4 Å². The van der Waals surface area contributed by atoms with E-state index in [1.54, 1.807) is 25.1 Å². The number of nitro groups is 1. The second-order valence-electron chi connectivity index (χ2n) is 4.06. The Hall–Kier alpha value is -3.25. The molecule has 9 heteroatoms. The van der Waals surface area contributed by atoms with E-state index < -0.39 is 4.92 Å². The third-order valence-electron chi connectivity index (χ3n) is 2.73. The monoisotopic (exact) mass is 285 g/mol. The van der Waals surface area contributed by atoms with Gasteiger partial charge in [-0.1, -0.05) is 12.1 Å². The molecule has 0 fully saturated rings. The molecule has 0 unspecified atom stereocenters. The Morgan fingerprint density at radius 3 is 2.86 bits per heavy atom. The van der Waals surface area contributed by atoms with Crippen molar-refractivity contribution in [3.8, 4) is 6.07 Å². The minimum atomic E-state index is -0.621. The summed E-state index contributed by atoms with van der Waals surface area (Å²) in [5.41, 5.74) is 3.44. The molecule has 0 spiro atoms. The third-order valence-corrected chi connectivity index (χ3v) is 2.73. The maximum absolute atomic E-state index is 11.0. The van der Waals surface area contributed by atoms with Crippen LogP contribution in [-0.2, 0) is 0 Å². The minimum absolute atomic E-state index is 0.0225. The Kier molecular flexibility index (Phi) is 3.92. The highest BCUT2D eigenvalue weighted by Crippen LogP contribution is 2.28. The molecule has 2 aromatic rings. The molecule has 2 rings (SSSR count). The number of nitrogens with one attached hydrogen (secondary N) is 2. The van der Waals surface area contributed by atoms with E-state index >= 15 is 0 Å². The van der Waals surface area contributed by atoms with Gasteiger partial charge in [-0.05, 0) is 18.6 Å². The van der Waals surface area contributed by atoms with Crippen LogP contribution in [-0.4, -0.2) is 14.9 Å². The van der Waals surface area contributed by atoms with Crippen LogP contribution in [0.5, 0.6) is 0 Å². The van der Waals surface area contributed by atoms with E-state index in [0.29, 0.717) is 11.3 Å². The van der Waals surface area contributed by atoms with E-state index in [0.717, 1.165) is 11.8 Å². The molecule has 9 nitrogen and oxygen atoms in total. The van der Waals surface area contributed by atoms with Gasteiger partial charge in [-0.15, -0.1) is 0 Å². The lowest BCUT2D eigenvalue weighted by Gasteiger charge is -2.10. The number of aromatic nitrogens is 2. The second-order valence-corrected chi connectivity index (χ2v) is 4.06. The van der Waals surface area contributed by atoms with Crippen molar-refractivity contribution in [2.24, 2.45) is 5.84 Å². The van der Waals surface area contributed by atoms with E-state index in [9.17, 15) is 10.1 Å². The number of nitriles is 1. The second kappa shape index (κ2) is 5.81. The lowest BCUT2D eigenvalue weighted by atomic mass is 10.1. The molecule has 0 aliphatic rings. The van der Waals surface area contributed by atoms with Crippen molar-refractivity contribution in [3.05, 3.63) is 45.6 Å². The van der Waals surface area contributed by atoms with E-state index in [4.69, 9.17) is 11.1 Å². The first-order valence-electron chi connectivity index (χ1n) is 5.81. The summed E-state index contributed by atoms with van der Waals surface area (Å²) >= 11 is 0. The van der Waals surface area contributed by atoms with Gasteiger partial charge in [-0.25, -0.2) is 10.8 Å². The van der Waals surface area contributed by atoms with Gasteiger partial charge in [0.15, 0.2) is 0 Å². The van der Waals surface area contributed by atoms with Gasteiger partial charge < -0.3 is 5.32 Å². The predicted octanol–water partition coefficient (Wildman–Crippen LogP) is 1.59. The summed E-state index contributed by atoms with van der Waals surface area (Å²) in [5.74, 6) is 5.17. The zero-order valence-corrected chi connectivity index (χ0v) is 11.0. The normalized spacial score (nSPS) is 9.76. The predicted molar refractivity (Wildman–Crippen MR) is 75.7 cm³/mol. The number of nitrogen functional groups attached to an aromatic ring is 1. The molecule has 1 heterocycles. The minimum Gasteiger partial charge on any atom is -0.333 e. The number of hydrogen-bond acceptors (Lipinski definition) is 8. The smallest absolute Gasteiger partial charge is 0.329 e. The molecule has 0 saturated carbocycles. The Bertz CT molecular complexity index is 739. The van der Waals surface area contributed by atoms with Crippen LogP contribution in [0, 0.1) is 28.4 Å². The molecule has 4 N–H and O–H groups in total. The van der Waals surface area contributed by atoms with Gasteiger partial charge in [0.05, 0.1) is 16.2 Å². The van der Waals surface area contributed by atoms with Crippen molar-refractivity contribution >= 4 is 23.1 Å². The standard InChI is InChI=1S/C12H11N7O2/c1-7-3-2-4-9(8(7)5-13)16-11-10(19(20)21)6-15-12(17-11)18-14/h2-4,6H,14H2,1H3,(H2,15,16,17,18). The van der Waals surface area contributed by atoms with Crippen molar-refractivity contribution < 1.29 is 4.92 Å². The van der Waals surface area contributed by atoms with E-state index in [1.807, 2.05) is 6.07 Å². The zero-order valence-electron chi connectivity index (χ0n) is 11.0. The molecule has 0 radical (unpaired) electrons. The van der Waals surface area contributed by atoms with Gasteiger partial charge in [0.25, 0.3) is 0 Å². The molecule has 0 atom stereocenters. The molecule has 0 amide bonds. The van der Waals surface area contributed by atoms with Crippen molar-refractivity contribution in [1.29, 1.82) is 5.26 Å². The maximum Gasteiger partial charge on any atom is 0.329 e. The molecule has 1 aromatic heterocycles. The summed E-state index contributed by atoms with van der Waals surface area (Å²) in [6, 6.07) is 7.18. The fourth-order valence-corrected chi connectivity index (χ4v) is 1.72. The average Bonchev–Trinajstić information content (AvgIpc) is 2.47. The quantitative estimate of drug-likeness (QED) is 0.436. The molecular weight excluding hydrogens is 274 g/mol. The highest BCUT2D eigenvalue weighted by atomic mass is 16.6. The Morgan fingerprint density at radius 2 is 2.24 bits per heavy atom. The van der Waals surface area contributed by atoms with E-state index in [1.165, 1.54) is 0 Å². The first-order chi connectivity index (χ1) is 10.1. The Labute approximate surface area is 119 Å². The first kappa shape index (κ1) is 14.2. The number of anilines is 3. The van der Waals surface area contributed by atoms with E-state index in [2.05, 4.69) is 20.7 Å². The third kappa shape index (κ3) is 2.85. The first-order valence-corrected chi connectivity index (χ1v) is 5.81. The zero-order chi connectivity index (χ0) is 15.4. The van der Waals surface area contributed by atoms with E-state index in [-0.39, 0.29) is 17.5 Å². The summed E-state index contributed by atoms with van der Waals surface area (Å²) < 4.78 is 0. The van der Waals surface area contributed by atoms with Gasteiger partial charge in [0, 0.05) is 0 Å². The summed E-state index contributed by atoms with van der Waals surface area (Å²) in [6.45, 7) is 1.77. The molecule has 21 heavy (non-hydrogen) atoms. The molecule has 1 aromatic carbocycles. The Balaban J connectivity index is 2.51.